The van der Waals surface area contributed by atoms with Crippen LogP contribution in [0.15, 0.2) is 42.9 Å². The van der Waals surface area contributed by atoms with E-state index >= 15 is 0 Å². The van der Waals surface area contributed by atoms with Gasteiger partial charge in [-0.05, 0) is 49.9 Å². The minimum atomic E-state index is -4.46. The average Bonchev–Trinajstić information content (AvgIpc) is 3.11. The standard InChI is InChI=1S/C21H22F3N5O2/c1-29-10-9-17-18(29)19(26-12-25-17)31-16-7-5-14(6-8-16)27-20(30)28-15-4-2-3-13(11-15)21(22,23)24/h2-4,9-12,14,16H,5-8H2,1H3,(H2,27,28,30). The lowest BCUT2D eigenvalue weighted by Gasteiger charge is -2.29. The number of halogens is 3. The van der Waals surface area contributed by atoms with Crippen LogP contribution in [0.25, 0.3) is 11.0 Å². The van der Waals surface area contributed by atoms with Crippen molar-refractivity contribution >= 4 is 22.8 Å². The van der Waals surface area contributed by atoms with Crippen LogP contribution in [0.2, 0.25) is 0 Å². The summed E-state index contributed by atoms with van der Waals surface area (Å²) < 4.78 is 46.4. The minimum Gasteiger partial charge on any atom is -0.473 e. The van der Waals surface area contributed by atoms with Crippen LogP contribution in [0.1, 0.15) is 31.2 Å². The maximum atomic E-state index is 12.8. The van der Waals surface area contributed by atoms with Crippen molar-refractivity contribution in [3.05, 3.63) is 48.4 Å². The molecule has 2 N–H and O–H groups in total. The Balaban J connectivity index is 1.29. The molecule has 0 radical (unpaired) electrons. The number of fused-ring (bicyclic) bond motifs is 1. The molecular formula is C21H22F3N5O2. The molecule has 0 bridgehead atoms. The number of carbonyl (C=O) groups excluding carboxylic acids is 1. The number of ether oxygens (including phenoxy) is 1. The molecule has 2 aromatic heterocycles. The summed E-state index contributed by atoms with van der Waals surface area (Å²) in [6.45, 7) is 0. The molecule has 0 saturated heterocycles. The van der Waals surface area contributed by atoms with E-state index in [4.69, 9.17) is 4.74 Å². The van der Waals surface area contributed by atoms with Crippen molar-refractivity contribution in [2.45, 2.75) is 44.0 Å². The van der Waals surface area contributed by atoms with Crippen LogP contribution < -0.4 is 15.4 Å². The molecule has 31 heavy (non-hydrogen) atoms. The second-order valence-electron chi connectivity index (χ2n) is 7.61. The number of nitrogens with one attached hydrogen (secondary N) is 2. The summed E-state index contributed by atoms with van der Waals surface area (Å²) in [7, 11) is 1.91. The molecule has 0 spiro atoms. The molecule has 1 aromatic carbocycles. The Morgan fingerprint density at radius 1 is 1.16 bits per heavy atom. The predicted molar refractivity (Wildman–Crippen MR) is 109 cm³/mol. The highest BCUT2D eigenvalue weighted by Crippen LogP contribution is 2.31. The fourth-order valence-electron chi connectivity index (χ4n) is 3.78. The lowest BCUT2D eigenvalue weighted by atomic mass is 9.93. The zero-order chi connectivity index (χ0) is 22.0. The fourth-order valence-corrected chi connectivity index (χ4v) is 3.78. The zero-order valence-electron chi connectivity index (χ0n) is 16.8. The summed E-state index contributed by atoms with van der Waals surface area (Å²) in [6.07, 6.45) is 1.73. The van der Waals surface area contributed by atoms with E-state index < -0.39 is 17.8 Å². The Kier molecular flexibility index (Phi) is 5.71. The number of hydrogen-bond donors (Lipinski definition) is 2. The predicted octanol–water partition coefficient (Wildman–Crippen LogP) is 4.50. The van der Waals surface area contributed by atoms with Crippen LogP contribution in [0.5, 0.6) is 5.88 Å². The van der Waals surface area contributed by atoms with E-state index in [0.29, 0.717) is 18.7 Å². The quantitative estimate of drug-likeness (QED) is 0.635. The van der Waals surface area contributed by atoms with Gasteiger partial charge in [0.15, 0.2) is 0 Å². The summed E-state index contributed by atoms with van der Waals surface area (Å²) in [5, 5.41) is 5.30. The topological polar surface area (TPSA) is 81.1 Å². The number of nitrogens with zero attached hydrogens (tertiary/aromatic N) is 3. The number of aryl methyl sites for hydroxylation is 1. The van der Waals surface area contributed by atoms with Gasteiger partial charge in [0, 0.05) is 25.0 Å². The van der Waals surface area contributed by atoms with Crippen LogP contribution in [0.3, 0.4) is 0 Å². The van der Waals surface area contributed by atoms with Gasteiger partial charge in [-0.25, -0.2) is 9.78 Å². The van der Waals surface area contributed by atoms with Crippen molar-refractivity contribution < 1.29 is 22.7 Å². The Bertz CT molecular complexity index is 1070. The number of anilines is 1. The lowest BCUT2D eigenvalue weighted by Crippen LogP contribution is -2.41. The van der Waals surface area contributed by atoms with E-state index in [1.165, 1.54) is 18.5 Å². The first kappa shape index (κ1) is 21.0. The van der Waals surface area contributed by atoms with E-state index in [2.05, 4.69) is 20.6 Å². The Morgan fingerprint density at radius 3 is 2.68 bits per heavy atom. The van der Waals surface area contributed by atoms with E-state index in [9.17, 15) is 18.0 Å². The second kappa shape index (κ2) is 8.44. The smallest absolute Gasteiger partial charge is 0.416 e. The number of benzene rings is 1. The van der Waals surface area contributed by atoms with Crippen molar-refractivity contribution in [1.82, 2.24) is 19.9 Å². The van der Waals surface area contributed by atoms with Gasteiger partial charge in [-0.15, -0.1) is 0 Å². The molecule has 1 aliphatic rings. The van der Waals surface area contributed by atoms with Crippen molar-refractivity contribution in [3.8, 4) is 5.88 Å². The molecule has 2 heterocycles. The Labute approximate surface area is 176 Å². The highest BCUT2D eigenvalue weighted by molar-refractivity contribution is 5.89. The third-order valence-corrected chi connectivity index (χ3v) is 5.36. The molecule has 0 aliphatic heterocycles. The normalized spacial score (nSPS) is 19.2. The molecule has 0 atom stereocenters. The van der Waals surface area contributed by atoms with Gasteiger partial charge in [0.1, 0.15) is 17.9 Å². The first-order valence-corrected chi connectivity index (χ1v) is 9.97. The minimum absolute atomic E-state index is 0.0300. The van der Waals surface area contributed by atoms with Crippen molar-refractivity contribution in [2.75, 3.05) is 5.32 Å². The van der Waals surface area contributed by atoms with Gasteiger partial charge in [0.2, 0.25) is 5.88 Å². The molecule has 164 valence electrons. The molecule has 1 aliphatic carbocycles. The Morgan fingerprint density at radius 2 is 1.94 bits per heavy atom. The highest BCUT2D eigenvalue weighted by Gasteiger charge is 2.30. The third kappa shape index (κ3) is 4.89. The second-order valence-corrected chi connectivity index (χ2v) is 7.61. The van der Waals surface area contributed by atoms with Gasteiger partial charge in [0.25, 0.3) is 0 Å². The highest BCUT2D eigenvalue weighted by atomic mass is 19.4. The number of hydrogen-bond acceptors (Lipinski definition) is 4. The molecular weight excluding hydrogens is 411 g/mol. The Hall–Kier alpha value is -3.30. The molecule has 7 nitrogen and oxygen atoms in total. The van der Waals surface area contributed by atoms with Crippen LogP contribution in [0.4, 0.5) is 23.7 Å². The average molecular weight is 433 g/mol. The van der Waals surface area contributed by atoms with E-state index in [-0.39, 0.29) is 17.8 Å². The molecule has 3 aromatic rings. The largest absolute Gasteiger partial charge is 0.473 e. The van der Waals surface area contributed by atoms with Crippen molar-refractivity contribution in [2.24, 2.45) is 7.05 Å². The molecule has 4 rings (SSSR count). The van der Waals surface area contributed by atoms with Gasteiger partial charge in [0.05, 0.1) is 11.1 Å². The van der Waals surface area contributed by atoms with Gasteiger partial charge < -0.3 is 19.9 Å². The summed E-state index contributed by atoms with van der Waals surface area (Å²) >= 11 is 0. The monoisotopic (exact) mass is 433 g/mol. The molecule has 10 heteroatoms. The maximum absolute atomic E-state index is 12.8. The SMILES string of the molecule is Cn1ccc2ncnc(OC3CCC(NC(=O)Nc4cccc(C(F)(F)F)c4)CC3)c21. The number of alkyl halides is 3. The van der Waals surface area contributed by atoms with Crippen LogP contribution in [-0.4, -0.2) is 32.7 Å². The lowest BCUT2D eigenvalue weighted by molar-refractivity contribution is -0.137. The summed E-state index contributed by atoms with van der Waals surface area (Å²) in [5.74, 6) is 0.538. The number of aromatic nitrogens is 3. The number of amides is 2. The number of rotatable bonds is 4. The van der Waals surface area contributed by atoms with Gasteiger partial charge in [-0.3, -0.25) is 0 Å². The molecule has 1 fully saturated rings. The first-order valence-electron chi connectivity index (χ1n) is 9.97. The van der Waals surface area contributed by atoms with Crippen LogP contribution in [0, 0.1) is 0 Å². The fraction of sp³-hybridized carbons (Fsp3) is 0.381. The van der Waals surface area contributed by atoms with Gasteiger partial charge in [-0.1, -0.05) is 6.07 Å². The van der Waals surface area contributed by atoms with E-state index in [1.807, 2.05) is 23.9 Å². The van der Waals surface area contributed by atoms with Crippen LogP contribution in [-0.2, 0) is 13.2 Å². The third-order valence-electron chi connectivity index (χ3n) is 5.36. The summed E-state index contributed by atoms with van der Waals surface area (Å²) in [5.41, 5.74) is 0.942. The number of carbonyl (C=O) groups is 1. The molecule has 2 amide bonds. The van der Waals surface area contributed by atoms with Gasteiger partial charge >= 0.3 is 12.2 Å². The number of urea groups is 1. The van der Waals surface area contributed by atoms with Gasteiger partial charge in [-0.2, -0.15) is 18.2 Å². The molecule has 1 saturated carbocycles. The van der Waals surface area contributed by atoms with Crippen molar-refractivity contribution in [3.63, 3.8) is 0 Å². The molecule has 0 unspecified atom stereocenters. The first-order chi connectivity index (χ1) is 14.8. The van der Waals surface area contributed by atoms with Crippen molar-refractivity contribution in [1.29, 1.82) is 0 Å². The summed E-state index contributed by atoms with van der Waals surface area (Å²) in [4.78, 5) is 20.7. The summed E-state index contributed by atoms with van der Waals surface area (Å²) in [6, 6.07) is 5.86. The maximum Gasteiger partial charge on any atom is 0.416 e. The zero-order valence-corrected chi connectivity index (χ0v) is 16.8. The van der Waals surface area contributed by atoms with E-state index in [0.717, 1.165) is 36.0 Å². The van der Waals surface area contributed by atoms with Crippen LogP contribution >= 0.6 is 0 Å². The van der Waals surface area contributed by atoms with E-state index in [1.54, 1.807) is 0 Å².